The molecule has 0 spiro atoms. The van der Waals surface area contributed by atoms with Crippen LogP contribution in [0.5, 0.6) is 11.5 Å². The second kappa shape index (κ2) is 27.8. The number of ether oxygens (including phenoxy) is 1. The molecule has 0 fully saturated rings. The smallest absolute Gasteiger partial charge is 0.151 e. The Labute approximate surface area is 299 Å². The lowest BCUT2D eigenvalue weighted by Gasteiger charge is -2.23. The molecule has 2 nitrogen and oxygen atoms in total. The summed E-state index contributed by atoms with van der Waals surface area (Å²) in [7, 11) is 0. The lowest BCUT2D eigenvalue weighted by Crippen LogP contribution is -2.04. The molecule has 0 aliphatic carbocycles. The molecule has 0 atom stereocenters. The van der Waals surface area contributed by atoms with Gasteiger partial charge in [-0.05, 0) is 61.1 Å². The lowest BCUT2D eigenvalue weighted by atomic mass is 10.0. The molecule has 272 valence electrons. The van der Waals surface area contributed by atoms with Gasteiger partial charge in [-0.3, -0.25) is 0 Å². The van der Waals surface area contributed by atoms with Gasteiger partial charge in [0.2, 0.25) is 0 Å². The maximum Gasteiger partial charge on any atom is 0.151 e. The highest BCUT2D eigenvalue weighted by Crippen LogP contribution is 2.43. The van der Waals surface area contributed by atoms with Gasteiger partial charge in [-0.15, -0.1) is 0 Å². The number of hydrogen-bond acceptors (Lipinski definition) is 2. The molecule has 0 saturated carbocycles. The van der Waals surface area contributed by atoms with E-state index in [1.54, 1.807) is 0 Å². The molecule has 2 heteroatoms. The standard InChI is InChI=1S/C46H77NO/c1-3-5-7-9-11-13-15-17-19-20-22-24-26-28-30-32-34-42-36-38-44-46(40-42)48-45-39-41(35-37-43(45)47-44)33-31-29-27-25-23-21-18-16-14-12-10-8-6-4-2/h35-40,47H,3-34H2,1-2H3. The number of rotatable bonds is 32. The Bertz CT molecular complexity index is 1040. The van der Waals surface area contributed by atoms with Crippen LogP contribution in [0.15, 0.2) is 36.4 Å². The van der Waals surface area contributed by atoms with E-state index in [0.29, 0.717) is 0 Å². The largest absolute Gasteiger partial charge is 0.453 e. The second-order valence-corrected chi connectivity index (χ2v) is 15.3. The van der Waals surface area contributed by atoms with Crippen LogP contribution in [0.25, 0.3) is 0 Å². The predicted molar refractivity (Wildman–Crippen MR) is 214 cm³/mol. The Morgan fingerprint density at radius 3 is 0.917 bits per heavy atom. The highest BCUT2D eigenvalue weighted by atomic mass is 16.5. The topological polar surface area (TPSA) is 21.3 Å². The van der Waals surface area contributed by atoms with Crippen LogP contribution >= 0.6 is 0 Å². The average molecular weight is 660 g/mol. The van der Waals surface area contributed by atoms with Gasteiger partial charge >= 0.3 is 0 Å². The molecule has 0 unspecified atom stereocenters. The Morgan fingerprint density at radius 1 is 0.354 bits per heavy atom. The zero-order valence-electron chi connectivity index (χ0n) is 32.0. The molecule has 3 rings (SSSR count). The van der Waals surface area contributed by atoms with E-state index in [1.807, 2.05) is 0 Å². The lowest BCUT2D eigenvalue weighted by molar-refractivity contribution is 0.479. The minimum atomic E-state index is 0.991. The molecular weight excluding hydrogens is 583 g/mol. The van der Waals surface area contributed by atoms with Gasteiger partial charge in [-0.1, -0.05) is 206 Å². The van der Waals surface area contributed by atoms with Crippen molar-refractivity contribution in [1.29, 1.82) is 0 Å². The minimum absolute atomic E-state index is 0.991. The van der Waals surface area contributed by atoms with E-state index in [9.17, 15) is 0 Å². The quantitative estimate of drug-likeness (QED) is 0.0673. The predicted octanol–water partition coefficient (Wildman–Crippen LogP) is 16.4. The first-order valence-electron chi connectivity index (χ1n) is 21.5. The van der Waals surface area contributed by atoms with Crippen LogP contribution in [0.1, 0.15) is 218 Å². The van der Waals surface area contributed by atoms with E-state index in [2.05, 4.69) is 55.6 Å². The third-order valence-electron chi connectivity index (χ3n) is 10.7. The van der Waals surface area contributed by atoms with Crippen LogP contribution in [0.4, 0.5) is 11.4 Å². The van der Waals surface area contributed by atoms with Crippen molar-refractivity contribution in [3.63, 3.8) is 0 Å². The van der Waals surface area contributed by atoms with Crippen molar-refractivity contribution in [2.75, 3.05) is 5.32 Å². The molecule has 0 aromatic heterocycles. The van der Waals surface area contributed by atoms with Gasteiger partial charge in [-0.2, -0.15) is 0 Å². The number of unbranched alkanes of at least 4 members (excludes halogenated alkanes) is 28. The Balaban J connectivity index is 1.18. The number of aryl methyl sites for hydroxylation is 2. The Kier molecular flexibility index (Phi) is 23.5. The molecule has 1 aliphatic heterocycles. The third kappa shape index (κ3) is 18.7. The highest BCUT2D eigenvalue weighted by molar-refractivity contribution is 5.76. The van der Waals surface area contributed by atoms with Crippen LogP contribution in [0.2, 0.25) is 0 Å². The molecule has 0 saturated heterocycles. The molecule has 1 heterocycles. The van der Waals surface area contributed by atoms with E-state index >= 15 is 0 Å². The summed E-state index contributed by atoms with van der Waals surface area (Å²) in [6.07, 6.45) is 44.8. The van der Waals surface area contributed by atoms with Gasteiger partial charge in [0.1, 0.15) is 0 Å². The molecule has 2 aromatic carbocycles. The number of hydrogen-bond donors (Lipinski definition) is 1. The monoisotopic (exact) mass is 660 g/mol. The summed E-state index contributed by atoms with van der Waals surface area (Å²) in [5.74, 6) is 1.98. The van der Waals surface area contributed by atoms with Crippen molar-refractivity contribution in [3.05, 3.63) is 47.5 Å². The van der Waals surface area contributed by atoms with Crippen molar-refractivity contribution in [2.45, 2.75) is 219 Å². The number of nitrogens with one attached hydrogen (secondary N) is 1. The zero-order valence-corrected chi connectivity index (χ0v) is 32.0. The molecular formula is C46H77NO. The summed E-state index contributed by atoms with van der Waals surface area (Å²) in [6.45, 7) is 4.60. The SMILES string of the molecule is CCCCCCCCCCCCCCCCCCc1ccc2c(c1)Oc1cc(CCCCCCCCCCCCCCCC)ccc1N2. The second-order valence-electron chi connectivity index (χ2n) is 15.3. The van der Waals surface area contributed by atoms with Crippen molar-refractivity contribution in [3.8, 4) is 11.5 Å². The zero-order chi connectivity index (χ0) is 33.7. The normalized spacial score (nSPS) is 12.0. The maximum atomic E-state index is 6.45. The van der Waals surface area contributed by atoms with Crippen LogP contribution in [0, 0.1) is 0 Å². The van der Waals surface area contributed by atoms with E-state index in [4.69, 9.17) is 4.74 Å². The van der Waals surface area contributed by atoms with Crippen LogP contribution in [0.3, 0.4) is 0 Å². The van der Waals surface area contributed by atoms with Crippen molar-refractivity contribution in [1.82, 2.24) is 0 Å². The molecule has 0 radical (unpaired) electrons. The van der Waals surface area contributed by atoms with E-state index in [-0.39, 0.29) is 0 Å². The van der Waals surface area contributed by atoms with Crippen molar-refractivity contribution < 1.29 is 4.74 Å². The van der Waals surface area contributed by atoms with Crippen molar-refractivity contribution >= 4 is 11.4 Å². The van der Waals surface area contributed by atoms with Gasteiger partial charge < -0.3 is 10.1 Å². The molecule has 0 amide bonds. The Hall–Kier alpha value is -1.96. The van der Waals surface area contributed by atoms with E-state index < -0.39 is 0 Å². The van der Waals surface area contributed by atoms with Crippen molar-refractivity contribution in [2.24, 2.45) is 0 Å². The molecule has 0 bridgehead atoms. The summed E-state index contributed by atoms with van der Waals surface area (Å²) in [5.41, 5.74) is 5.00. The van der Waals surface area contributed by atoms with E-state index in [0.717, 1.165) is 35.7 Å². The van der Waals surface area contributed by atoms with Gasteiger partial charge in [0.15, 0.2) is 11.5 Å². The summed E-state index contributed by atoms with van der Waals surface area (Å²) in [6, 6.07) is 13.5. The van der Waals surface area contributed by atoms with Crippen LogP contribution in [-0.2, 0) is 12.8 Å². The fraction of sp³-hybridized carbons (Fsp3) is 0.739. The van der Waals surface area contributed by atoms with Gasteiger partial charge in [0.05, 0.1) is 11.4 Å². The molecule has 1 aliphatic rings. The first-order chi connectivity index (χ1) is 23.8. The third-order valence-corrected chi connectivity index (χ3v) is 10.7. The minimum Gasteiger partial charge on any atom is -0.453 e. The first kappa shape index (κ1) is 40.5. The maximum absolute atomic E-state index is 6.45. The fourth-order valence-electron chi connectivity index (χ4n) is 7.48. The fourth-order valence-corrected chi connectivity index (χ4v) is 7.48. The molecule has 48 heavy (non-hydrogen) atoms. The summed E-state index contributed by atoms with van der Waals surface area (Å²) < 4.78 is 6.45. The van der Waals surface area contributed by atoms with Crippen LogP contribution in [-0.4, -0.2) is 0 Å². The summed E-state index contributed by atoms with van der Waals surface area (Å²) in [5, 5.41) is 3.61. The van der Waals surface area contributed by atoms with Gasteiger partial charge in [0.25, 0.3) is 0 Å². The Morgan fingerprint density at radius 2 is 0.625 bits per heavy atom. The number of anilines is 2. The summed E-state index contributed by atoms with van der Waals surface area (Å²) >= 11 is 0. The molecule has 2 aromatic rings. The molecule has 1 N–H and O–H groups in total. The van der Waals surface area contributed by atoms with Crippen LogP contribution < -0.4 is 10.1 Å². The number of benzene rings is 2. The van der Waals surface area contributed by atoms with Gasteiger partial charge in [-0.25, -0.2) is 0 Å². The first-order valence-corrected chi connectivity index (χ1v) is 21.5. The summed E-state index contributed by atoms with van der Waals surface area (Å²) in [4.78, 5) is 0. The number of fused-ring (bicyclic) bond motifs is 2. The highest BCUT2D eigenvalue weighted by Gasteiger charge is 2.17. The van der Waals surface area contributed by atoms with Gasteiger partial charge in [0, 0.05) is 0 Å². The average Bonchev–Trinajstić information content (AvgIpc) is 3.10. The van der Waals surface area contributed by atoms with E-state index in [1.165, 1.54) is 204 Å².